The zero-order valence-electron chi connectivity index (χ0n) is 11.8. The normalized spacial score (nSPS) is 11.2. The second-order valence-corrected chi connectivity index (χ2v) is 4.97. The van der Waals surface area contributed by atoms with Crippen LogP contribution in [0.25, 0.3) is 22.4 Å². The Balaban J connectivity index is 1.93. The number of ether oxygens (including phenoxy) is 1. The molecule has 4 heteroatoms. The van der Waals surface area contributed by atoms with Gasteiger partial charge in [-0.15, -0.1) is 0 Å². The van der Waals surface area contributed by atoms with Crippen molar-refractivity contribution >= 4 is 11.2 Å². The summed E-state index contributed by atoms with van der Waals surface area (Å²) in [5, 5.41) is 0. The van der Waals surface area contributed by atoms with Crippen LogP contribution >= 0.6 is 0 Å². The number of fused-ring (bicyclic) bond motifs is 1. The van der Waals surface area contributed by atoms with Crippen molar-refractivity contribution in [3.63, 3.8) is 0 Å². The van der Waals surface area contributed by atoms with E-state index in [1.807, 2.05) is 57.3 Å². The van der Waals surface area contributed by atoms with Crippen LogP contribution in [0, 0.1) is 6.92 Å². The van der Waals surface area contributed by atoms with E-state index in [4.69, 9.17) is 9.15 Å². The number of hydrogen-bond acceptors (Lipinski definition) is 4. The van der Waals surface area contributed by atoms with E-state index in [1.54, 1.807) is 0 Å². The average molecular weight is 268 g/mol. The number of benzene rings is 1. The Morgan fingerprint density at radius 2 is 1.85 bits per heavy atom. The van der Waals surface area contributed by atoms with Crippen molar-refractivity contribution in [3.05, 3.63) is 42.4 Å². The molecule has 0 radical (unpaired) electrons. The second kappa shape index (κ2) is 4.96. The van der Waals surface area contributed by atoms with E-state index < -0.39 is 0 Å². The summed E-state index contributed by atoms with van der Waals surface area (Å²) in [6.07, 6.45) is 1.99. The van der Waals surface area contributed by atoms with Gasteiger partial charge in [-0.25, -0.2) is 4.98 Å². The van der Waals surface area contributed by atoms with Crippen molar-refractivity contribution in [1.29, 1.82) is 0 Å². The maximum absolute atomic E-state index is 5.63. The maximum Gasteiger partial charge on any atom is 0.198 e. The molecule has 20 heavy (non-hydrogen) atoms. The predicted octanol–water partition coefficient (Wildman–Crippen LogP) is 3.99. The van der Waals surface area contributed by atoms with Gasteiger partial charge in [0.2, 0.25) is 0 Å². The number of aromatic nitrogens is 2. The topological polar surface area (TPSA) is 48.2 Å². The Morgan fingerprint density at radius 1 is 1.10 bits per heavy atom. The lowest BCUT2D eigenvalue weighted by atomic mass is 10.1. The van der Waals surface area contributed by atoms with Crippen LogP contribution in [-0.2, 0) is 0 Å². The largest absolute Gasteiger partial charge is 0.491 e. The molecule has 3 rings (SSSR count). The van der Waals surface area contributed by atoms with Crippen molar-refractivity contribution in [2.24, 2.45) is 0 Å². The van der Waals surface area contributed by atoms with Crippen LogP contribution in [0.3, 0.4) is 0 Å². The van der Waals surface area contributed by atoms with Crippen LogP contribution in [0.2, 0.25) is 0 Å². The van der Waals surface area contributed by atoms with Crippen LogP contribution < -0.4 is 4.74 Å². The molecule has 0 spiro atoms. The lowest BCUT2D eigenvalue weighted by Gasteiger charge is -2.10. The van der Waals surface area contributed by atoms with Gasteiger partial charge in [0.05, 0.1) is 6.10 Å². The van der Waals surface area contributed by atoms with E-state index in [1.165, 1.54) is 0 Å². The first-order valence-electron chi connectivity index (χ1n) is 6.62. The zero-order valence-corrected chi connectivity index (χ0v) is 11.8. The number of oxazole rings is 1. The molecule has 0 saturated heterocycles. The van der Waals surface area contributed by atoms with Gasteiger partial charge in [0.25, 0.3) is 0 Å². The standard InChI is InChI=1S/C16H16N2O2/c1-10(2)19-14-6-4-12(5-7-14)13-8-15-16(17-9-13)18-11(3)20-15/h4-10H,1-3H3. The van der Waals surface area contributed by atoms with Crippen molar-refractivity contribution in [2.45, 2.75) is 26.9 Å². The SMILES string of the molecule is Cc1nc2ncc(-c3ccc(OC(C)C)cc3)cc2o1. The molecule has 1 aromatic carbocycles. The fourth-order valence-electron chi connectivity index (χ4n) is 2.08. The van der Waals surface area contributed by atoms with Gasteiger partial charge in [-0.3, -0.25) is 0 Å². The minimum Gasteiger partial charge on any atom is -0.491 e. The molecule has 0 bridgehead atoms. The third kappa shape index (κ3) is 2.50. The first-order valence-corrected chi connectivity index (χ1v) is 6.62. The molecule has 0 atom stereocenters. The first-order chi connectivity index (χ1) is 9.61. The van der Waals surface area contributed by atoms with Crippen LogP contribution in [0.4, 0.5) is 0 Å². The van der Waals surface area contributed by atoms with Gasteiger partial charge >= 0.3 is 0 Å². The highest BCUT2D eigenvalue weighted by molar-refractivity contribution is 5.76. The highest BCUT2D eigenvalue weighted by Gasteiger charge is 2.06. The first kappa shape index (κ1) is 12.7. The third-order valence-corrected chi connectivity index (χ3v) is 2.91. The van der Waals surface area contributed by atoms with E-state index in [0.717, 1.165) is 16.9 Å². The van der Waals surface area contributed by atoms with Crippen molar-refractivity contribution in [3.8, 4) is 16.9 Å². The Labute approximate surface area is 117 Å². The molecular formula is C16H16N2O2. The van der Waals surface area contributed by atoms with Gasteiger partial charge in [0.1, 0.15) is 5.75 Å². The number of rotatable bonds is 3. The van der Waals surface area contributed by atoms with E-state index in [9.17, 15) is 0 Å². The summed E-state index contributed by atoms with van der Waals surface area (Å²) in [5.41, 5.74) is 3.43. The van der Waals surface area contributed by atoms with Gasteiger partial charge in [-0.05, 0) is 37.6 Å². The van der Waals surface area contributed by atoms with Crippen molar-refractivity contribution in [1.82, 2.24) is 9.97 Å². The van der Waals surface area contributed by atoms with E-state index in [-0.39, 0.29) is 6.10 Å². The molecule has 102 valence electrons. The van der Waals surface area contributed by atoms with Gasteiger partial charge in [0.15, 0.2) is 17.1 Å². The number of aryl methyl sites for hydroxylation is 1. The number of hydrogen-bond donors (Lipinski definition) is 0. The Hall–Kier alpha value is -2.36. The van der Waals surface area contributed by atoms with Crippen LogP contribution in [0.15, 0.2) is 40.9 Å². The second-order valence-electron chi connectivity index (χ2n) is 4.97. The lowest BCUT2D eigenvalue weighted by Crippen LogP contribution is -2.05. The number of nitrogens with zero attached hydrogens (tertiary/aromatic N) is 2. The highest BCUT2D eigenvalue weighted by Crippen LogP contribution is 2.25. The minimum atomic E-state index is 0.177. The van der Waals surface area contributed by atoms with E-state index >= 15 is 0 Å². The van der Waals surface area contributed by atoms with Crippen molar-refractivity contribution < 1.29 is 9.15 Å². The smallest absolute Gasteiger partial charge is 0.198 e. The molecule has 0 N–H and O–H groups in total. The Bertz CT molecular complexity index is 730. The summed E-state index contributed by atoms with van der Waals surface area (Å²) in [4.78, 5) is 8.51. The predicted molar refractivity (Wildman–Crippen MR) is 77.7 cm³/mol. The molecule has 0 aliphatic carbocycles. The van der Waals surface area contributed by atoms with Crippen LogP contribution in [0.1, 0.15) is 19.7 Å². The molecule has 3 aromatic rings. The van der Waals surface area contributed by atoms with Gasteiger partial charge in [-0.1, -0.05) is 12.1 Å². The molecule has 0 fully saturated rings. The highest BCUT2D eigenvalue weighted by atomic mass is 16.5. The summed E-state index contributed by atoms with van der Waals surface area (Å²) >= 11 is 0. The molecule has 2 heterocycles. The zero-order chi connectivity index (χ0) is 14.1. The fraction of sp³-hybridized carbons (Fsp3) is 0.250. The molecule has 0 amide bonds. The summed E-state index contributed by atoms with van der Waals surface area (Å²) in [5.74, 6) is 1.50. The average Bonchev–Trinajstić information content (AvgIpc) is 2.78. The van der Waals surface area contributed by atoms with Crippen molar-refractivity contribution in [2.75, 3.05) is 0 Å². The van der Waals surface area contributed by atoms with E-state index in [2.05, 4.69) is 9.97 Å². The molecule has 0 saturated carbocycles. The van der Waals surface area contributed by atoms with Gasteiger partial charge in [-0.2, -0.15) is 4.98 Å². The van der Waals surface area contributed by atoms with Crippen LogP contribution in [-0.4, -0.2) is 16.1 Å². The molecule has 0 aliphatic rings. The molecule has 4 nitrogen and oxygen atoms in total. The lowest BCUT2D eigenvalue weighted by molar-refractivity contribution is 0.242. The van der Waals surface area contributed by atoms with E-state index in [0.29, 0.717) is 17.1 Å². The third-order valence-electron chi connectivity index (χ3n) is 2.91. The maximum atomic E-state index is 5.63. The molecular weight excluding hydrogens is 252 g/mol. The summed E-state index contributed by atoms with van der Waals surface area (Å²) < 4.78 is 11.1. The molecule has 2 aromatic heterocycles. The van der Waals surface area contributed by atoms with Gasteiger partial charge in [0, 0.05) is 18.7 Å². The summed E-state index contributed by atoms with van der Waals surface area (Å²) in [7, 11) is 0. The molecule has 0 aliphatic heterocycles. The van der Waals surface area contributed by atoms with Gasteiger partial charge < -0.3 is 9.15 Å². The quantitative estimate of drug-likeness (QED) is 0.720. The monoisotopic (exact) mass is 268 g/mol. The Morgan fingerprint density at radius 3 is 2.55 bits per heavy atom. The van der Waals surface area contributed by atoms with Crippen LogP contribution in [0.5, 0.6) is 5.75 Å². The minimum absolute atomic E-state index is 0.177. The molecule has 0 unspecified atom stereocenters. The fourth-order valence-corrected chi connectivity index (χ4v) is 2.08. The number of pyridine rings is 1. The summed E-state index contributed by atoms with van der Waals surface area (Å²) in [6, 6.07) is 9.92. The Kier molecular flexibility index (Phi) is 3.14. The summed E-state index contributed by atoms with van der Waals surface area (Å²) in [6.45, 7) is 5.84.